The number of benzene rings is 1. The normalized spacial score (nSPS) is 30.3. The highest BCUT2D eigenvalue weighted by Crippen LogP contribution is 2.49. The van der Waals surface area contributed by atoms with Gasteiger partial charge in [0.05, 0.1) is 4.58 Å². The van der Waals surface area contributed by atoms with Gasteiger partial charge < -0.3 is 5.11 Å². The minimum absolute atomic E-state index is 0.338. The van der Waals surface area contributed by atoms with Gasteiger partial charge in [-0.25, -0.2) is 0 Å². The van der Waals surface area contributed by atoms with Gasteiger partial charge in [-0.05, 0) is 41.9 Å². The van der Waals surface area contributed by atoms with Crippen LogP contribution in [-0.2, 0) is 12.0 Å². The van der Waals surface area contributed by atoms with Crippen LogP contribution in [0, 0.1) is 0 Å². The van der Waals surface area contributed by atoms with Crippen molar-refractivity contribution < 1.29 is 5.11 Å². The second-order valence-corrected chi connectivity index (χ2v) is 7.23. The third-order valence-electron chi connectivity index (χ3n) is 3.48. The van der Waals surface area contributed by atoms with E-state index in [-0.39, 0.29) is 0 Å². The highest BCUT2D eigenvalue weighted by atomic mass is 32.2. The Kier molecular flexibility index (Phi) is 2.94. The molecule has 0 aromatic heterocycles. The van der Waals surface area contributed by atoms with Crippen LogP contribution >= 0.6 is 23.5 Å². The fourth-order valence-corrected chi connectivity index (χ4v) is 5.87. The first kappa shape index (κ1) is 11.0. The molecule has 1 heterocycles. The van der Waals surface area contributed by atoms with Crippen molar-refractivity contribution in [2.45, 2.75) is 29.4 Å². The van der Waals surface area contributed by atoms with E-state index in [1.165, 1.54) is 29.1 Å². The van der Waals surface area contributed by atoms with Gasteiger partial charge in [0.1, 0.15) is 5.60 Å². The molecule has 16 heavy (non-hydrogen) atoms. The maximum atomic E-state index is 10.9. The number of thioether (sulfide) groups is 2. The third kappa shape index (κ3) is 1.69. The summed E-state index contributed by atoms with van der Waals surface area (Å²) < 4.78 is 0.338. The van der Waals surface area contributed by atoms with Crippen molar-refractivity contribution in [1.82, 2.24) is 0 Å². The van der Waals surface area contributed by atoms with Gasteiger partial charge in [0.15, 0.2) is 0 Å². The first-order valence-corrected chi connectivity index (χ1v) is 7.94. The molecule has 0 saturated carbocycles. The second kappa shape index (κ2) is 4.28. The van der Waals surface area contributed by atoms with E-state index in [9.17, 15) is 5.11 Å². The van der Waals surface area contributed by atoms with E-state index in [2.05, 4.69) is 18.2 Å². The van der Waals surface area contributed by atoms with Gasteiger partial charge in [0.25, 0.3) is 0 Å². The lowest BCUT2D eigenvalue weighted by molar-refractivity contribution is 0.0564. The van der Waals surface area contributed by atoms with Crippen molar-refractivity contribution in [3.8, 4) is 0 Å². The van der Waals surface area contributed by atoms with E-state index in [0.29, 0.717) is 4.58 Å². The van der Waals surface area contributed by atoms with E-state index >= 15 is 0 Å². The molecule has 0 radical (unpaired) electrons. The zero-order chi connectivity index (χ0) is 11.0. The second-order valence-electron chi connectivity index (χ2n) is 4.51. The monoisotopic (exact) mass is 252 g/mol. The summed E-state index contributed by atoms with van der Waals surface area (Å²) in [6, 6.07) is 8.39. The van der Waals surface area contributed by atoms with Crippen molar-refractivity contribution in [3.63, 3.8) is 0 Å². The fourth-order valence-electron chi connectivity index (χ4n) is 2.63. The summed E-state index contributed by atoms with van der Waals surface area (Å²) in [4.78, 5) is 0. The van der Waals surface area contributed by atoms with Crippen LogP contribution in [0.15, 0.2) is 24.3 Å². The van der Waals surface area contributed by atoms with Crippen LogP contribution in [0.2, 0.25) is 0 Å². The Labute approximate surface area is 105 Å². The molecule has 0 bridgehead atoms. The van der Waals surface area contributed by atoms with E-state index in [1.54, 1.807) is 0 Å². The lowest BCUT2D eigenvalue weighted by Gasteiger charge is -2.35. The number of hydrogen-bond acceptors (Lipinski definition) is 3. The van der Waals surface area contributed by atoms with E-state index in [1.807, 2.05) is 29.6 Å². The number of rotatable bonds is 1. The summed E-state index contributed by atoms with van der Waals surface area (Å²) in [6.45, 7) is 0. The zero-order valence-electron chi connectivity index (χ0n) is 9.19. The molecule has 3 heteroatoms. The SMILES string of the molecule is OC1(C2SCCCS2)CCc2ccccc21. The van der Waals surface area contributed by atoms with Crippen LogP contribution in [0.3, 0.4) is 0 Å². The Morgan fingerprint density at radius 3 is 2.75 bits per heavy atom. The molecule has 1 aliphatic heterocycles. The highest BCUT2D eigenvalue weighted by molar-refractivity contribution is 8.17. The predicted molar refractivity (Wildman–Crippen MR) is 72.0 cm³/mol. The van der Waals surface area contributed by atoms with Crippen LogP contribution in [0.25, 0.3) is 0 Å². The number of fused-ring (bicyclic) bond motifs is 1. The lowest BCUT2D eigenvalue weighted by atomic mass is 9.98. The molecule has 86 valence electrons. The number of aryl methyl sites for hydroxylation is 1. The lowest BCUT2D eigenvalue weighted by Crippen LogP contribution is -2.35. The molecule has 0 spiro atoms. The Bertz CT molecular complexity index is 387. The third-order valence-corrected chi connectivity index (χ3v) is 6.73. The molecular formula is C13H16OS2. The summed E-state index contributed by atoms with van der Waals surface area (Å²) in [5.74, 6) is 2.39. The van der Waals surface area contributed by atoms with Gasteiger partial charge >= 0.3 is 0 Å². The van der Waals surface area contributed by atoms with Crippen LogP contribution in [0.5, 0.6) is 0 Å². The molecule has 1 nitrogen and oxygen atoms in total. The molecule has 1 aliphatic carbocycles. The summed E-state index contributed by atoms with van der Waals surface area (Å²) in [7, 11) is 0. The molecule has 1 saturated heterocycles. The fraction of sp³-hybridized carbons (Fsp3) is 0.538. The molecule has 1 fully saturated rings. The molecule has 1 aromatic rings. The van der Waals surface area contributed by atoms with Gasteiger partial charge in [-0.15, -0.1) is 23.5 Å². The number of hydrogen-bond donors (Lipinski definition) is 1. The standard InChI is InChI=1S/C13H16OS2/c14-13(12-15-8-3-9-16-12)7-6-10-4-1-2-5-11(10)13/h1-2,4-5,12,14H,3,6-9H2. The van der Waals surface area contributed by atoms with Crippen LogP contribution in [0.4, 0.5) is 0 Å². The van der Waals surface area contributed by atoms with E-state index in [0.717, 1.165) is 12.8 Å². The van der Waals surface area contributed by atoms with Crippen LogP contribution in [0.1, 0.15) is 24.0 Å². The smallest absolute Gasteiger partial charge is 0.111 e. The molecule has 1 aromatic carbocycles. The molecule has 1 unspecified atom stereocenters. The Balaban J connectivity index is 1.94. The van der Waals surface area contributed by atoms with Gasteiger partial charge in [-0.1, -0.05) is 24.3 Å². The van der Waals surface area contributed by atoms with Crippen molar-refractivity contribution in [2.24, 2.45) is 0 Å². The molecular weight excluding hydrogens is 236 g/mol. The average molecular weight is 252 g/mol. The molecule has 3 rings (SSSR count). The first-order chi connectivity index (χ1) is 7.81. The molecule has 1 atom stereocenters. The molecule has 0 amide bonds. The average Bonchev–Trinajstić information content (AvgIpc) is 2.71. The van der Waals surface area contributed by atoms with Gasteiger partial charge in [-0.3, -0.25) is 0 Å². The Morgan fingerprint density at radius 2 is 1.94 bits per heavy atom. The van der Waals surface area contributed by atoms with Gasteiger partial charge in [0, 0.05) is 0 Å². The quantitative estimate of drug-likeness (QED) is 0.829. The highest BCUT2D eigenvalue weighted by Gasteiger charge is 2.44. The first-order valence-electron chi connectivity index (χ1n) is 5.85. The molecule has 2 aliphatic rings. The zero-order valence-corrected chi connectivity index (χ0v) is 10.8. The van der Waals surface area contributed by atoms with Crippen molar-refractivity contribution in [1.29, 1.82) is 0 Å². The minimum Gasteiger partial charge on any atom is -0.383 e. The van der Waals surface area contributed by atoms with Crippen molar-refractivity contribution in [3.05, 3.63) is 35.4 Å². The summed E-state index contributed by atoms with van der Waals surface area (Å²) in [6.07, 6.45) is 3.21. The van der Waals surface area contributed by atoms with E-state index in [4.69, 9.17) is 0 Å². The van der Waals surface area contributed by atoms with Gasteiger partial charge in [0.2, 0.25) is 0 Å². The largest absolute Gasteiger partial charge is 0.383 e. The maximum absolute atomic E-state index is 10.9. The summed E-state index contributed by atoms with van der Waals surface area (Å²) in [5.41, 5.74) is 1.95. The number of aliphatic hydroxyl groups is 1. The Morgan fingerprint density at radius 1 is 1.19 bits per heavy atom. The predicted octanol–water partition coefficient (Wildman–Crippen LogP) is 3.02. The van der Waals surface area contributed by atoms with Gasteiger partial charge in [-0.2, -0.15) is 0 Å². The Hall–Kier alpha value is -0.120. The van der Waals surface area contributed by atoms with Crippen molar-refractivity contribution >= 4 is 23.5 Å². The summed E-state index contributed by atoms with van der Waals surface area (Å²) >= 11 is 3.87. The molecule has 1 N–H and O–H groups in total. The topological polar surface area (TPSA) is 20.2 Å². The van der Waals surface area contributed by atoms with Crippen LogP contribution in [-0.4, -0.2) is 21.2 Å². The van der Waals surface area contributed by atoms with E-state index < -0.39 is 5.60 Å². The van der Waals surface area contributed by atoms with Crippen molar-refractivity contribution in [2.75, 3.05) is 11.5 Å². The summed E-state index contributed by atoms with van der Waals surface area (Å²) in [5, 5.41) is 10.9. The maximum Gasteiger partial charge on any atom is 0.111 e. The van der Waals surface area contributed by atoms with Crippen LogP contribution < -0.4 is 0 Å². The minimum atomic E-state index is -0.577.